The van der Waals surface area contributed by atoms with E-state index in [-0.39, 0.29) is 30.6 Å². The molecule has 6 nitrogen and oxygen atoms in total. The molecule has 23 heavy (non-hydrogen) atoms. The van der Waals surface area contributed by atoms with Crippen LogP contribution >= 0.6 is 0 Å². The smallest absolute Gasteiger partial charge is 0.308 e. The Labute approximate surface area is 138 Å². The number of carbonyl (C=O) groups excluding carboxylic acids is 1. The van der Waals surface area contributed by atoms with Gasteiger partial charge in [-0.2, -0.15) is 0 Å². The van der Waals surface area contributed by atoms with Gasteiger partial charge in [-0.3, -0.25) is 9.59 Å². The van der Waals surface area contributed by atoms with E-state index in [9.17, 15) is 19.8 Å². The number of aliphatic hydroxyl groups excluding tert-OH is 2. The Morgan fingerprint density at radius 2 is 1.39 bits per heavy atom. The fraction of sp³-hybridized carbons (Fsp3) is 0.647. The molecule has 0 fully saturated rings. The predicted octanol–water partition coefficient (Wildman–Crippen LogP) is 2.16. The Kier molecular flexibility index (Phi) is 14.3. The molecule has 4 atom stereocenters. The molecule has 3 N–H and O–H groups in total. The van der Waals surface area contributed by atoms with Crippen molar-refractivity contribution in [2.75, 3.05) is 7.11 Å². The fourth-order valence-electron chi connectivity index (χ4n) is 1.68. The molecular weight excluding hydrogens is 300 g/mol. The van der Waals surface area contributed by atoms with Crippen LogP contribution in [0, 0.1) is 11.8 Å². The molecular formula is C17H30O6. The minimum Gasteiger partial charge on any atom is -0.481 e. The first-order valence-corrected chi connectivity index (χ1v) is 7.56. The Balaban J connectivity index is 0. The third-order valence-electron chi connectivity index (χ3n) is 3.38. The van der Waals surface area contributed by atoms with Gasteiger partial charge in [-0.15, -0.1) is 13.2 Å². The van der Waals surface area contributed by atoms with Gasteiger partial charge < -0.3 is 20.1 Å². The number of carboxylic acid groups (broad SMARTS) is 1. The zero-order chi connectivity index (χ0) is 18.4. The van der Waals surface area contributed by atoms with E-state index >= 15 is 0 Å². The lowest BCUT2D eigenvalue weighted by Crippen LogP contribution is -2.21. The average Bonchev–Trinajstić information content (AvgIpc) is 2.47. The predicted molar refractivity (Wildman–Crippen MR) is 88.9 cm³/mol. The molecule has 0 saturated heterocycles. The number of ether oxygens (including phenoxy) is 1. The SMILES string of the molecule is C=CCC(C)C(O)CC(=O)O.C=CCC(C)C(O)CC(=O)OC. The molecule has 0 heterocycles. The second-order valence-corrected chi connectivity index (χ2v) is 5.52. The molecule has 0 aliphatic carbocycles. The van der Waals surface area contributed by atoms with Gasteiger partial charge >= 0.3 is 11.9 Å². The van der Waals surface area contributed by atoms with Crippen molar-refractivity contribution in [3.05, 3.63) is 25.3 Å². The molecule has 134 valence electrons. The summed E-state index contributed by atoms with van der Waals surface area (Å²) in [5.74, 6) is -1.31. The summed E-state index contributed by atoms with van der Waals surface area (Å²) in [6.07, 6.45) is 3.24. The lowest BCUT2D eigenvalue weighted by Gasteiger charge is -2.15. The molecule has 4 unspecified atom stereocenters. The number of hydrogen-bond acceptors (Lipinski definition) is 5. The van der Waals surface area contributed by atoms with Crippen molar-refractivity contribution in [1.82, 2.24) is 0 Å². The number of rotatable bonds is 10. The quantitative estimate of drug-likeness (QED) is 0.419. The number of carbonyl (C=O) groups is 2. The lowest BCUT2D eigenvalue weighted by atomic mass is 9.99. The molecule has 0 radical (unpaired) electrons. The third-order valence-corrected chi connectivity index (χ3v) is 3.38. The molecule has 0 spiro atoms. The maximum atomic E-state index is 10.7. The summed E-state index contributed by atoms with van der Waals surface area (Å²) in [4.78, 5) is 20.9. The van der Waals surface area contributed by atoms with Crippen LogP contribution in [0.4, 0.5) is 0 Å². The van der Waals surface area contributed by atoms with E-state index in [0.29, 0.717) is 12.8 Å². The minimum atomic E-state index is -0.964. The Morgan fingerprint density at radius 3 is 1.70 bits per heavy atom. The maximum absolute atomic E-state index is 10.7. The van der Waals surface area contributed by atoms with Crippen LogP contribution in [-0.2, 0) is 14.3 Å². The van der Waals surface area contributed by atoms with Gasteiger partial charge in [0.2, 0.25) is 0 Å². The van der Waals surface area contributed by atoms with Gasteiger partial charge in [0.1, 0.15) is 0 Å². The molecule has 0 aliphatic heterocycles. The lowest BCUT2D eigenvalue weighted by molar-refractivity contribution is -0.143. The van der Waals surface area contributed by atoms with Crippen LogP contribution < -0.4 is 0 Å². The molecule has 0 aliphatic rings. The van der Waals surface area contributed by atoms with E-state index in [1.54, 1.807) is 19.1 Å². The van der Waals surface area contributed by atoms with E-state index in [1.165, 1.54) is 7.11 Å². The summed E-state index contributed by atoms with van der Waals surface area (Å²) >= 11 is 0. The van der Waals surface area contributed by atoms with Crippen molar-refractivity contribution >= 4 is 11.9 Å². The van der Waals surface area contributed by atoms with Gasteiger partial charge in [-0.05, 0) is 24.7 Å². The van der Waals surface area contributed by atoms with Crippen molar-refractivity contribution in [1.29, 1.82) is 0 Å². The van der Waals surface area contributed by atoms with Crippen LogP contribution in [0.25, 0.3) is 0 Å². The van der Waals surface area contributed by atoms with Crippen molar-refractivity contribution in [2.24, 2.45) is 11.8 Å². The van der Waals surface area contributed by atoms with Crippen molar-refractivity contribution in [2.45, 2.75) is 51.7 Å². The highest BCUT2D eigenvalue weighted by molar-refractivity contribution is 5.69. The molecule has 0 aromatic carbocycles. The zero-order valence-corrected chi connectivity index (χ0v) is 14.3. The maximum Gasteiger partial charge on any atom is 0.308 e. The van der Waals surface area contributed by atoms with E-state index in [1.807, 2.05) is 6.92 Å². The Morgan fingerprint density at radius 1 is 1.00 bits per heavy atom. The van der Waals surface area contributed by atoms with Gasteiger partial charge in [-0.25, -0.2) is 0 Å². The average molecular weight is 330 g/mol. The van der Waals surface area contributed by atoms with E-state index < -0.39 is 18.2 Å². The van der Waals surface area contributed by atoms with Gasteiger partial charge in [-0.1, -0.05) is 26.0 Å². The van der Waals surface area contributed by atoms with Crippen LogP contribution in [0.5, 0.6) is 0 Å². The fourth-order valence-corrected chi connectivity index (χ4v) is 1.68. The Bertz CT molecular complexity index is 366. The van der Waals surface area contributed by atoms with Gasteiger partial charge in [0.15, 0.2) is 0 Å². The van der Waals surface area contributed by atoms with Crippen LogP contribution in [-0.4, -0.2) is 46.6 Å². The number of aliphatic carboxylic acids is 1. The number of esters is 1. The highest BCUT2D eigenvalue weighted by Gasteiger charge is 2.17. The highest BCUT2D eigenvalue weighted by atomic mass is 16.5. The molecule has 0 saturated carbocycles. The number of hydrogen-bond donors (Lipinski definition) is 3. The summed E-state index contributed by atoms with van der Waals surface area (Å²) in [5, 5.41) is 26.9. The number of aliphatic hydroxyl groups is 2. The second kappa shape index (κ2) is 14.0. The first kappa shape index (κ1) is 23.6. The van der Waals surface area contributed by atoms with Crippen LogP contribution in [0.1, 0.15) is 39.5 Å². The van der Waals surface area contributed by atoms with Crippen LogP contribution in [0.2, 0.25) is 0 Å². The van der Waals surface area contributed by atoms with Crippen molar-refractivity contribution < 1.29 is 29.6 Å². The summed E-state index contributed by atoms with van der Waals surface area (Å²) in [7, 11) is 1.31. The number of allylic oxidation sites excluding steroid dienone is 2. The molecule has 0 amide bonds. The minimum absolute atomic E-state index is 0.0244. The highest BCUT2D eigenvalue weighted by Crippen LogP contribution is 2.12. The van der Waals surface area contributed by atoms with Crippen LogP contribution in [0.15, 0.2) is 25.3 Å². The first-order chi connectivity index (χ1) is 10.7. The van der Waals surface area contributed by atoms with E-state index in [4.69, 9.17) is 5.11 Å². The van der Waals surface area contributed by atoms with E-state index in [2.05, 4.69) is 17.9 Å². The third kappa shape index (κ3) is 13.7. The summed E-state index contributed by atoms with van der Waals surface area (Å²) in [6.45, 7) is 10.7. The Hall–Kier alpha value is -1.66. The topological polar surface area (TPSA) is 104 Å². The summed E-state index contributed by atoms with van der Waals surface area (Å²) < 4.78 is 4.42. The number of methoxy groups -OCH3 is 1. The normalized spacial score (nSPS) is 15.2. The number of carboxylic acids is 1. The second-order valence-electron chi connectivity index (χ2n) is 5.52. The summed E-state index contributed by atoms with van der Waals surface area (Å²) in [6, 6.07) is 0. The summed E-state index contributed by atoms with van der Waals surface area (Å²) in [5.41, 5.74) is 0. The molecule has 0 rings (SSSR count). The molecule has 0 aromatic heterocycles. The van der Waals surface area contributed by atoms with Gasteiger partial charge in [0.25, 0.3) is 0 Å². The molecule has 0 bridgehead atoms. The van der Waals surface area contributed by atoms with Gasteiger partial charge in [0, 0.05) is 0 Å². The largest absolute Gasteiger partial charge is 0.481 e. The van der Waals surface area contributed by atoms with E-state index in [0.717, 1.165) is 0 Å². The van der Waals surface area contributed by atoms with Gasteiger partial charge in [0.05, 0.1) is 32.2 Å². The van der Waals surface area contributed by atoms with Crippen molar-refractivity contribution in [3.8, 4) is 0 Å². The van der Waals surface area contributed by atoms with Crippen LogP contribution in [0.3, 0.4) is 0 Å². The standard InChI is InChI=1S/C9H16O3.C8H14O3/c1-4-5-7(2)8(10)6-9(11)12-3;1-3-4-6(2)7(9)5-8(10)11/h4,7-8,10H,1,5-6H2,2-3H3;3,6-7,9H,1,4-5H2,2H3,(H,10,11). The monoisotopic (exact) mass is 330 g/mol. The van der Waals surface area contributed by atoms with Crippen molar-refractivity contribution in [3.63, 3.8) is 0 Å². The first-order valence-electron chi connectivity index (χ1n) is 7.56. The zero-order valence-electron chi connectivity index (χ0n) is 14.3. The molecule has 6 heteroatoms. The molecule has 0 aromatic rings.